The summed E-state index contributed by atoms with van der Waals surface area (Å²) in [5.41, 5.74) is 7.35. The average Bonchev–Trinajstić information content (AvgIpc) is 3.12. The van der Waals surface area contributed by atoms with Crippen LogP contribution in [-0.4, -0.2) is 26.5 Å². The predicted octanol–water partition coefficient (Wildman–Crippen LogP) is 3.70. The zero-order valence-electron chi connectivity index (χ0n) is 17.2. The number of carbonyl (C=O) groups is 2. The first-order chi connectivity index (χ1) is 13.9. The quantitative estimate of drug-likeness (QED) is 0.525. The number of anilines is 1. The highest BCUT2D eigenvalue weighted by molar-refractivity contribution is 7.17. The zero-order chi connectivity index (χ0) is 22.4. The number of nitro groups is 1. The van der Waals surface area contributed by atoms with Crippen molar-refractivity contribution in [3.05, 3.63) is 36.8 Å². The van der Waals surface area contributed by atoms with Crippen LogP contribution in [-0.2, 0) is 24.2 Å². The lowest BCUT2D eigenvalue weighted by Gasteiger charge is -2.33. The molecule has 1 aliphatic rings. The van der Waals surface area contributed by atoms with Gasteiger partial charge in [0.25, 0.3) is 5.91 Å². The maximum absolute atomic E-state index is 12.6. The fourth-order valence-corrected chi connectivity index (χ4v) is 5.31. The van der Waals surface area contributed by atoms with Crippen molar-refractivity contribution in [2.75, 3.05) is 5.32 Å². The van der Waals surface area contributed by atoms with E-state index in [0.717, 1.165) is 29.7 Å². The van der Waals surface area contributed by atoms with Crippen molar-refractivity contribution in [3.8, 4) is 0 Å². The highest BCUT2D eigenvalue weighted by atomic mass is 35.5. The summed E-state index contributed by atoms with van der Waals surface area (Å²) in [5.74, 6) is -1.08. The van der Waals surface area contributed by atoms with Gasteiger partial charge in [-0.05, 0) is 48.0 Å². The number of amides is 2. The summed E-state index contributed by atoms with van der Waals surface area (Å²) in [6.45, 7) is 7.87. The van der Waals surface area contributed by atoms with E-state index in [1.54, 1.807) is 6.92 Å². The van der Waals surface area contributed by atoms with E-state index in [9.17, 15) is 19.7 Å². The minimum atomic E-state index is -0.701. The molecule has 2 aromatic rings. The Kier molecular flexibility index (Phi) is 5.92. The Morgan fingerprint density at radius 2 is 2.10 bits per heavy atom. The molecule has 9 nitrogen and oxygen atoms in total. The maximum atomic E-state index is 12.6. The number of halogens is 1. The molecule has 0 saturated carbocycles. The summed E-state index contributed by atoms with van der Waals surface area (Å²) < 4.78 is 1.17. The number of nitrogens with one attached hydrogen (secondary N) is 1. The van der Waals surface area contributed by atoms with E-state index in [2.05, 4.69) is 31.2 Å². The summed E-state index contributed by atoms with van der Waals surface area (Å²) in [7, 11) is 0. The van der Waals surface area contributed by atoms with Gasteiger partial charge in [0.2, 0.25) is 5.91 Å². The van der Waals surface area contributed by atoms with E-state index in [1.165, 1.54) is 16.0 Å². The summed E-state index contributed by atoms with van der Waals surface area (Å²) in [5, 5.41) is 17.8. The number of aromatic nitrogens is 2. The first-order valence-electron chi connectivity index (χ1n) is 9.51. The highest BCUT2D eigenvalue weighted by Crippen LogP contribution is 2.44. The molecule has 0 spiro atoms. The zero-order valence-corrected chi connectivity index (χ0v) is 18.8. The lowest BCUT2D eigenvalue weighted by atomic mass is 9.72. The Bertz CT molecular complexity index is 1040. The number of hydrogen-bond donors (Lipinski definition) is 2. The smallest absolute Gasteiger partial charge is 0.365 e. The molecular weight excluding hydrogens is 430 g/mol. The van der Waals surface area contributed by atoms with Crippen LogP contribution < -0.4 is 11.1 Å². The number of carbonyl (C=O) groups excluding carboxylic acids is 2. The average molecular weight is 454 g/mol. The van der Waals surface area contributed by atoms with Crippen molar-refractivity contribution in [2.45, 2.75) is 53.5 Å². The second-order valence-electron chi connectivity index (χ2n) is 8.56. The molecule has 11 heteroatoms. The fraction of sp³-hybridized carbons (Fsp3) is 0.526. The van der Waals surface area contributed by atoms with Crippen LogP contribution >= 0.6 is 22.9 Å². The minimum absolute atomic E-state index is 0.106. The van der Waals surface area contributed by atoms with E-state index in [0.29, 0.717) is 22.2 Å². The molecule has 0 radical (unpaired) electrons. The van der Waals surface area contributed by atoms with Crippen molar-refractivity contribution in [1.82, 2.24) is 9.78 Å². The number of rotatable bonds is 5. The van der Waals surface area contributed by atoms with Gasteiger partial charge in [-0.1, -0.05) is 32.4 Å². The van der Waals surface area contributed by atoms with Gasteiger partial charge in [0, 0.05) is 4.88 Å². The second-order valence-corrected chi connectivity index (χ2v) is 10.0. The van der Waals surface area contributed by atoms with Crippen molar-refractivity contribution < 1.29 is 14.5 Å². The number of nitrogens with zero attached hydrogens (tertiary/aromatic N) is 3. The van der Waals surface area contributed by atoms with Crippen molar-refractivity contribution in [1.29, 1.82) is 0 Å². The topological polar surface area (TPSA) is 133 Å². The lowest BCUT2D eigenvalue weighted by Crippen LogP contribution is -2.27. The molecule has 2 aromatic heterocycles. The summed E-state index contributed by atoms with van der Waals surface area (Å²) >= 11 is 7.29. The summed E-state index contributed by atoms with van der Waals surface area (Å²) in [6, 6.07) is 0. The molecule has 2 heterocycles. The van der Waals surface area contributed by atoms with Gasteiger partial charge in [0.05, 0.1) is 16.4 Å². The minimum Gasteiger partial charge on any atom is -0.365 e. The molecule has 0 aromatic carbocycles. The van der Waals surface area contributed by atoms with Gasteiger partial charge in [-0.15, -0.1) is 11.3 Å². The SMILES string of the molecule is Cc1c(Cl)c([N+](=O)[O-])nn1CC(=O)Nc1sc2c(c1C(N)=O)CC[C@H](C(C)(C)C)C2. The van der Waals surface area contributed by atoms with Crippen LogP contribution in [0.3, 0.4) is 0 Å². The predicted molar refractivity (Wildman–Crippen MR) is 115 cm³/mol. The Labute approximate surface area is 182 Å². The molecule has 0 fully saturated rings. The molecule has 3 N–H and O–H groups in total. The van der Waals surface area contributed by atoms with Crippen LogP contribution in [0.15, 0.2) is 0 Å². The van der Waals surface area contributed by atoms with Crippen LogP contribution in [0.2, 0.25) is 5.02 Å². The summed E-state index contributed by atoms with van der Waals surface area (Å²) in [6.07, 6.45) is 2.53. The monoisotopic (exact) mass is 453 g/mol. The van der Waals surface area contributed by atoms with Gasteiger partial charge >= 0.3 is 5.82 Å². The van der Waals surface area contributed by atoms with E-state index in [4.69, 9.17) is 17.3 Å². The first kappa shape index (κ1) is 22.2. The Hall–Kier alpha value is -2.46. The Morgan fingerprint density at radius 3 is 2.63 bits per heavy atom. The number of nitrogens with two attached hydrogens (primary N) is 1. The van der Waals surface area contributed by atoms with Crippen molar-refractivity contribution in [3.63, 3.8) is 0 Å². The number of primary amides is 1. The molecule has 1 atom stereocenters. The normalized spacial score (nSPS) is 16.2. The third kappa shape index (κ3) is 4.20. The van der Waals surface area contributed by atoms with Gasteiger partial charge in [0.1, 0.15) is 11.5 Å². The van der Waals surface area contributed by atoms with E-state index in [-0.39, 0.29) is 17.0 Å². The molecule has 3 rings (SSSR count). The maximum Gasteiger partial charge on any atom is 0.408 e. The van der Waals surface area contributed by atoms with Crippen LogP contribution in [0.4, 0.5) is 10.8 Å². The molecule has 1 aliphatic carbocycles. The van der Waals surface area contributed by atoms with Crippen molar-refractivity contribution >= 4 is 45.6 Å². The third-order valence-corrected chi connectivity index (χ3v) is 7.18. The molecule has 0 aliphatic heterocycles. The molecule has 162 valence electrons. The number of thiophene rings is 1. The van der Waals surface area contributed by atoms with Gasteiger partial charge < -0.3 is 21.2 Å². The van der Waals surface area contributed by atoms with Gasteiger partial charge in [-0.2, -0.15) is 4.68 Å². The van der Waals surface area contributed by atoms with Crippen LogP contribution in [0.25, 0.3) is 0 Å². The molecule has 0 saturated heterocycles. The van der Waals surface area contributed by atoms with E-state index >= 15 is 0 Å². The van der Waals surface area contributed by atoms with Crippen LogP contribution in [0, 0.1) is 28.4 Å². The van der Waals surface area contributed by atoms with Crippen LogP contribution in [0.5, 0.6) is 0 Å². The number of hydrogen-bond acceptors (Lipinski definition) is 6. The Balaban J connectivity index is 1.84. The van der Waals surface area contributed by atoms with Crippen LogP contribution in [0.1, 0.15) is 53.7 Å². The van der Waals surface area contributed by atoms with E-state index in [1.807, 2.05) is 0 Å². The standard InChI is InChI=1S/C19H24ClN5O4S/c1-9-15(20)17(25(28)29)23-24(9)8-13(26)22-18-14(16(21)27)11-6-5-10(19(2,3)4)7-12(11)30-18/h10H,5-8H2,1-4H3,(H2,21,27)(H,22,26)/t10-/m0/s1. The second kappa shape index (κ2) is 7.99. The third-order valence-electron chi connectivity index (χ3n) is 5.57. The molecule has 30 heavy (non-hydrogen) atoms. The molecule has 0 unspecified atom stereocenters. The highest BCUT2D eigenvalue weighted by Gasteiger charge is 2.34. The largest absolute Gasteiger partial charge is 0.408 e. The molecule has 0 bridgehead atoms. The number of fused-ring (bicyclic) bond motifs is 1. The molecular formula is C19H24ClN5O4S. The first-order valence-corrected chi connectivity index (χ1v) is 10.7. The summed E-state index contributed by atoms with van der Waals surface area (Å²) in [4.78, 5) is 36.1. The van der Waals surface area contributed by atoms with Gasteiger partial charge in [0.15, 0.2) is 5.02 Å². The Morgan fingerprint density at radius 1 is 1.43 bits per heavy atom. The molecule has 2 amide bonds. The fourth-order valence-electron chi connectivity index (χ4n) is 3.75. The van der Waals surface area contributed by atoms with Crippen molar-refractivity contribution in [2.24, 2.45) is 17.1 Å². The van der Waals surface area contributed by atoms with Gasteiger partial charge in [-0.25, -0.2) is 0 Å². The van der Waals surface area contributed by atoms with Gasteiger partial charge in [-0.3, -0.25) is 9.59 Å². The van der Waals surface area contributed by atoms with E-state index < -0.39 is 22.6 Å². The lowest BCUT2D eigenvalue weighted by molar-refractivity contribution is -0.389.